The van der Waals surface area contributed by atoms with Crippen molar-refractivity contribution in [2.45, 2.75) is 32.7 Å². The molecule has 1 aliphatic rings. The van der Waals surface area contributed by atoms with Crippen molar-refractivity contribution >= 4 is 46.1 Å². The van der Waals surface area contributed by atoms with Gasteiger partial charge in [-0.1, -0.05) is 61.0 Å². The first-order chi connectivity index (χ1) is 20.3. The molecule has 0 unspecified atom stereocenters. The van der Waals surface area contributed by atoms with E-state index in [9.17, 15) is 4.79 Å². The number of aromatic nitrogens is 2. The molecule has 5 rings (SSSR count). The summed E-state index contributed by atoms with van der Waals surface area (Å²) in [7, 11) is 0. The lowest BCUT2D eigenvalue weighted by molar-refractivity contribution is -0.115. The summed E-state index contributed by atoms with van der Waals surface area (Å²) in [5, 5.41) is 6.34. The fourth-order valence-corrected chi connectivity index (χ4v) is 5.43. The average Bonchev–Trinajstić information content (AvgIpc) is 2.98. The molecule has 10 heteroatoms. The zero-order valence-electron chi connectivity index (χ0n) is 23.8. The van der Waals surface area contributed by atoms with E-state index >= 15 is 4.39 Å². The Balaban J connectivity index is 1.42. The van der Waals surface area contributed by atoms with Crippen molar-refractivity contribution in [2.24, 2.45) is 0 Å². The third-order valence-corrected chi connectivity index (χ3v) is 7.78. The molecule has 8 nitrogen and oxygen atoms in total. The summed E-state index contributed by atoms with van der Waals surface area (Å²) in [4.78, 5) is 25.4. The molecule has 0 aliphatic carbocycles. The van der Waals surface area contributed by atoms with Crippen LogP contribution in [0.2, 0.25) is 5.15 Å². The highest BCUT2D eigenvalue weighted by Gasteiger charge is 2.26. The highest BCUT2D eigenvalue weighted by atomic mass is 35.5. The monoisotopic (exact) mass is 587 g/mol. The Labute approximate surface area is 250 Å². The fourth-order valence-electron chi connectivity index (χ4n) is 5.30. The summed E-state index contributed by atoms with van der Waals surface area (Å²) < 4.78 is 15.8. The van der Waals surface area contributed by atoms with E-state index in [2.05, 4.69) is 44.2 Å². The fraction of sp³-hybridized carbons (Fsp3) is 0.281. The lowest BCUT2D eigenvalue weighted by Crippen LogP contribution is -2.52. The molecule has 0 spiro atoms. The first-order valence-corrected chi connectivity index (χ1v) is 14.5. The molecule has 2 heterocycles. The van der Waals surface area contributed by atoms with E-state index in [1.807, 2.05) is 30.3 Å². The van der Waals surface area contributed by atoms with Crippen molar-refractivity contribution in [3.05, 3.63) is 89.6 Å². The van der Waals surface area contributed by atoms with Crippen LogP contribution >= 0.6 is 11.6 Å². The van der Waals surface area contributed by atoms with Crippen LogP contribution in [0.5, 0.6) is 0 Å². The molecule has 4 aromatic rings. The van der Waals surface area contributed by atoms with Gasteiger partial charge in [0.2, 0.25) is 5.91 Å². The van der Waals surface area contributed by atoms with Crippen molar-refractivity contribution in [3.8, 4) is 11.1 Å². The molecular formula is C32H35ClFN7O. The van der Waals surface area contributed by atoms with Crippen molar-refractivity contribution < 1.29 is 9.18 Å². The van der Waals surface area contributed by atoms with E-state index < -0.39 is 0 Å². The molecule has 3 aromatic carbocycles. The van der Waals surface area contributed by atoms with Crippen LogP contribution in [-0.2, 0) is 11.2 Å². The quantitative estimate of drug-likeness (QED) is 0.196. The molecular weight excluding hydrogens is 553 g/mol. The van der Waals surface area contributed by atoms with Gasteiger partial charge in [-0.15, -0.1) is 0 Å². The maximum absolute atomic E-state index is 15.8. The predicted octanol–water partition coefficient (Wildman–Crippen LogP) is 6.36. The average molecular weight is 588 g/mol. The Bertz CT molecular complexity index is 1530. The van der Waals surface area contributed by atoms with Crippen molar-refractivity contribution in [1.82, 2.24) is 14.9 Å². The zero-order chi connectivity index (χ0) is 29.6. The molecule has 1 aromatic heterocycles. The van der Waals surface area contributed by atoms with Gasteiger partial charge in [-0.3, -0.25) is 9.69 Å². The van der Waals surface area contributed by atoms with Crippen LogP contribution < -0.4 is 21.3 Å². The van der Waals surface area contributed by atoms with Gasteiger partial charge in [0.05, 0.1) is 17.8 Å². The topological polar surface area (TPSA) is 99.4 Å². The number of hydrogen-bond donors (Lipinski definition) is 3. The Morgan fingerprint density at radius 2 is 1.86 bits per heavy atom. The van der Waals surface area contributed by atoms with Crippen LogP contribution in [0.25, 0.3) is 11.1 Å². The number of benzene rings is 3. The minimum atomic E-state index is -0.353. The Kier molecular flexibility index (Phi) is 9.19. The number of amides is 1. The van der Waals surface area contributed by atoms with E-state index in [-0.39, 0.29) is 29.0 Å². The van der Waals surface area contributed by atoms with Gasteiger partial charge >= 0.3 is 0 Å². The number of carbonyl (C=O) groups is 1. The molecule has 1 saturated heterocycles. The summed E-state index contributed by atoms with van der Waals surface area (Å²) in [6.07, 6.45) is 2.69. The lowest BCUT2D eigenvalue weighted by atomic mass is 10.0. The number of nitrogens with zero attached hydrogens (tertiary/aromatic N) is 4. The van der Waals surface area contributed by atoms with Crippen LogP contribution in [0.4, 0.5) is 33.0 Å². The highest BCUT2D eigenvalue weighted by molar-refractivity contribution is 6.32. The van der Waals surface area contributed by atoms with Crippen LogP contribution in [0.15, 0.2) is 73.1 Å². The van der Waals surface area contributed by atoms with E-state index in [0.717, 1.165) is 43.9 Å². The normalized spacial score (nSPS) is 15.4. The molecule has 1 atom stereocenters. The number of halogens is 2. The lowest BCUT2D eigenvalue weighted by Gasteiger charge is -2.41. The molecule has 4 N–H and O–H groups in total. The number of rotatable bonds is 9. The second-order valence-corrected chi connectivity index (χ2v) is 10.9. The second kappa shape index (κ2) is 13.2. The van der Waals surface area contributed by atoms with Gasteiger partial charge in [-0.2, -0.15) is 0 Å². The first kappa shape index (κ1) is 29.3. The van der Waals surface area contributed by atoms with Gasteiger partial charge in [-0.05, 0) is 55.3 Å². The molecule has 0 radical (unpaired) electrons. The molecule has 42 heavy (non-hydrogen) atoms. The molecule has 0 bridgehead atoms. The smallest absolute Gasteiger partial charge is 0.228 e. The summed E-state index contributed by atoms with van der Waals surface area (Å²) in [6.45, 7) is 7.81. The van der Waals surface area contributed by atoms with Crippen molar-refractivity contribution in [1.29, 1.82) is 0 Å². The Morgan fingerprint density at radius 3 is 2.57 bits per heavy atom. The number of carbonyl (C=O) groups excluding carboxylic acids is 1. The molecule has 1 aliphatic heterocycles. The number of nitrogens with one attached hydrogen (secondary N) is 2. The largest absolute Gasteiger partial charge is 0.393 e. The summed E-state index contributed by atoms with van der Waals surface area (Å²) in [5.74, 6) is -0.123. The molecule has 0 saturated carbocycles. The maximum Gasteiger partial charge on any atom is 0.228 e. The van der Waals surface area contributed by atoms with Crippen molar-refractivity contribution in [2.75, 3.05) is 47.4 Å². The van der Waals surface area contributed by atoms with Crippen LogP contribution in [0.3, 0.4) is 0 Å². The molecule has 218 valence electrons. The second-order valence-electron chi connectivity index (χ2n) is 10.5. The Hall–Kier alpha value is -4.21. The van der Waals surface area contributed by atoms with E-state index in [1.54, 1.807) is 36.4 Å². The molecule has 1 fully saturated rings. The summed E-state index contributed by atoms with van der Waals surface area (Å²) >= 11 is 6.16. The van der Waals surface area contributed by atoms with Crippen molar-refractivity contribution in [3.63, 3.8) is 0 Å². The van der Waals surface area contributed by atoms with Gasteiger partial charge in [0, 0.05) is 36.9 Å². The highest BCUT2D eigenvalue weighted by Crippen LogP contribution is 2.38. The predicted molar refractivity (Wildman–Crippen MR) is 169 cm³/mol. The Morgan fingerprint density at radius 1 is 1.10 bits per heavy atom. The van der Waals surface area contributed by atoms with E-state index in [0.29, 0.717) is 34.4 Å². The van der Waals surface area contributed by atoms with Crippen LogP contribution in [0, 0.1) is 5.82 Å². The van der Waals surface area contributed by atoms with E-state index in [4.69, 9.17) is 17.3 Å². The number of nitrogens with two attached hydrogens (primary N) is 1. The van der Waals surface area contributed by atoms with Gasteiger partial charge in [-0.25, -0.2) is 14.4 Å². The number of piperazine rings is 1. The summed E-state index contributed by atoms with van der Waals surface area (Å²) in [6, 6.07) is 20.3. The SMILES string of the molecule is CCCN1CCN(c2cc(F)c(-c3ccc(NC(=O)Cc4ccccc4)cc3)cc2Nc2ncnc(Cl)c2N)C[C@@H]1C. The maximum atomic E-state index is 15.8. The van der Waals surface area contributed by atoms with Gasteiger partial charge in [0.1, 0.15) is 17.8 Å². The summed E-state index contributed by atoms with van der Waals surface area (Å²) in [5.41, 5.74) is 10.4. The number of nitrogen functional groups attached to an aromatic ring is 1. The van der Waals surface area contributed by atoms with E-state index in [1.165, 1.54) is 6.33 Å². The van der Waals surface area contributed by atoms with Crippen LogP contribution in [-0.4, -0.2) is 53.0 Å². The van der Waals surface area contributed by atoms with Gasteiger partial charge < -0.3 is 21.3 Å². The van der Waals surface area contributed by atoms with Gasteiger partial charge in [0.25, 0.3) is 0 Å². The molecule has 1 amide bonds. The van der Waals surface area contributed by atoms with Gasteiger partial charge in [0.15, 0.2) is 11.0 Å². The third-order valence-electron chi connectivity index (χ3n) is 7.48. The first-order valence-electron chi connectivity index (χ1n) is 14.1. The zero-order valence-corrected chi connectivity index (χ0v) is 24.5. The third kappa shape index (κ3) is 6.80. The number of anilines is 5. The van der Waals surface area contributed by atoms with Crippen LogP contribution in [0.1, 0.15) is 25.8 Å². The number of hydrogen-bond acceptors (Lipinski definition) is 7. The standard InChI is InChI=1S/C32H35ClFN7O/c1-3-13-40-14-15-41(19-21(40)2)28-18-26(34)25(17-27(28)39-32-30(35)31(33)36-20-37-32)23-9-11-24(12-10-23)38-29(42)16-22-7-5-4-6-8-22/h4-12,17-18,20-21H,3,13-16,19,35H2,1-2H3,(H,38,42)(H,36,37,39)/t21-/m0/s1. The minimum Gasteiger partial charge on any atom is -0.393 e. The minimum absolute atomic E-state index is 0.120.